The molecule has 0 spiro atoms. The molecule has 0 atom stereocenters. The fourth-order valence-electron chi connectivity index (χ4n) is 4.40. The zero-order valence-electron chi connectivity index (χ0n) is 25.8. The molecular formula is C35H31Cl2N5O4S. The summed E-state index contributed by atoms with van der Waals surface area (Å²) in [6, 6.07) is 23.5. The van der Waals surface area contributed by atoms with Gasteiger partial charge in [-0.15, -0.1) is 11.3 Å². The second-order valence-corrected chi connectivity index (χ2v) is 12.1. The quantitative estimate of drug-likeness (QED) is 0.0893. The van der Waals surface area contributed by atoms with Gasteiger partial charge in [-0.2, -0.15) is 5.10 Å². The van der Waals surface area contributed by atoms with E-state index in [9.17, 15) is 9.59 Å². The van der Waals surface area contributed by atoms with Crippen LogP contribution in [-0.4, -0.2) is 36.2 Å². The van der Waals surface area contributed by atoms with Crippen LogP contribution in [0.1, 0.15) is 34.0 Å². The van der Waals surface area contributed by atoms with Crippen LogP contribution in [0.5, 0.6) is 11.5 Å². The van der Waals surface area contributed by atoms with Crippen molar-refractivity contribution in [1.82, 2.24) is 10.4 Å². The Morgan fingerprint density at radius 2 is 1.72 bits per heavy atom. The van der Waals surface area contributed by atoms with Gasteiger partial charge in [-0.05, 0) is 92.1 Å². The van der Waals surface area contributed by atoms with Crippen LogP contribution in [0.15, 0.2) is 89.3 Å². The molecule has 4 aromatic carbocycles. The van der Waals surface area contributed by atoms with Gasteiger partial charge in [-0.3, -0.25) is 9.59 Å². The molecule has 9 nitrogen and oxygen atoms in total. The van der Waals surface area contributed by atoms with Crippen molar-refractivity contribution in [3.8, 4) is 22.8 Å². The van der Waals surface area contributed by atoms with Gasteiger partial charge in [-0.1, -0.05) is 47.5 Å². The van der Waals surface area contributed by atoms with E-state index in [1.54, 1.807) is 24.3 Å². The Kier molecular flexibility index (Phi) is 11.1. The lowest BCUT2D eigenvalue weighted by Crippen LogP contribution is -2.21. The van der Waals surface area contributed by atoms with Gasteiger partial charge in [0.1, 0.15) is 0 Å². The van der Waals surface area contributed by atoms with Gasteiger partial charge in [0.05, 0.1) is 23.5 Å². The number of ether oxygens (including phenoxy) is 2. The molecule has 0 saturated heterocycles. The van der Waals surface area contributed by atoms with Gasteiger partial charge in [0.2, 0.25) is 0 Å². The molecule has 5 rings (SSSR count). The summed E-state index contributed by atoms with van der Waals surface area (Å²) < 4.78 is 11.5. The Hall–Kier alpha value is -4.90. The standard InChI is InChI=1S/C35H31Cl2N5O4S/c1-4-45-31-17-23(16-28(37)33(31)46-19-32(43)40-29-15-21(2)5-6-22(29)3)18-38-42-34(44)25-9-7-24(8-10-25)30-20-47-35(41-30)39-27-13-11-26(36)12-14-27/h5-18,20H,4,19H2,1-3H3,(H,39,41)(H,40,43)(H,42,44)/b38-18-. The number of hydrogen-bond donors (Lipinski definition) is 3. The normalized spacial score (nSPS) is 10.9. The Balaban J connectivity index is 1.17. The molecule has 0 aliphatic heterocycles. The van der Waals surface area contributed by atoms with E-state index in [1.807, 2.05) is 80.7 Å². The van der Waals surface area contributed by atoms with E-state index in [-0.39, 0.29) is 29.2 Å². The number of anilines is 3. The van der Waals surface area contributed by atoms with E-state index >= 15 is 0 Å². The zero-order chi connectivity index (χ0) is 33.3. The highest BCUT2D eigenvalue weighted by molar-refractivity contribution is 7.14. The van der Waals surface area contributed by atoms with Gasteiger partial charge in [0.25, 0.3) is 11.8 Å². The lowest BCUT2D eigenvalue weighted by atomic mass is 10.1. The maximum atomic E-state index is 12.8. The molecule has 5 aromatic rings. The highest BCUT2D eigenvalue weighted by Crippen LogP contribution is 2.36. The summed E-state index contributed by atoms with van der Waals surface area (Å²) >= 11 is 13.9. The molecule has 0 aliphatic rings. The molecule has 0 aliphatic carbocycles. The molecule has 240 valence electrons. The van der Waals surface area contributed by atoms with Gasteiger partial charge in [-0.25, -0.2) is 10.4 Å². The lowest BCUT2D eigenvalue weighted by Gasteiger charge is -2.15. The maximum Gasteiger partial charge on any atom is 0.271 e. The average Bonchev–Trinajstić information content (AvgIpc) is 3.52. The molecular weight excluding hydrogens is 657 g/mol. The highest BCUT2D eigenvalue weighted by Gasteiger charge is 2.15. The van der Waals surface area contributed by atoms with Crippen molar-refractivity contribution in [2.24, 2.45) is 5.10 Å². The summed E-state index contributed by atoms with van der Waals surface area (Å²) in [5.41, 5.74) is 8.75. The third-order valence-electron chi connectivity index (χ3n) is 6.77. The number of nitrogens with one attached hydrogen (secondary N) is 3. The number of aromatic nitrogens is 1. The molecule has 0 saturated carbocycles. The molecule has 0 unspecified atom stereocenters. The van der Waals surface area contributed by atoms with Crippen molar-refractivity contribution in [2.45, 2.75) is 20.8 Å². The number of aryl methyl sites for hydroxylation is 2. The number of carbonyl (C=O) groups excluding carboxylic acids is 2. The molecule has 1 aromatic heterocycles. The molecule has 3 N–H and O–H groups in total. The average molecular weight is 689 g/mol. The van der Waals surface area contributed by atoms with Crippen LogP contribution in [0.4, 0.5) is 16.5 Å². The first kappa shape index (κ1) is 33.5. The van der Waals surface area contributed by atoms with E-state index in [2.05, 4.69) is 26.1 Å². The Labute approximate surface area is 286 Å². The molecule has 2 amide bonds. The minimum absolute atomic E-state index is 0.229. The number of halogens is 2. The van der Waals surface area contributed by atoms with E-state index in [4.69, 9.17) is 32.7 Å². The van der Waals surface area contributed by atoms with Gasteiger partial charge < -0.3 is 20.1 Å². The number of carbonyl (C=O) groups is 2. The maximum absolute atomic E-state index is 12.8. The third kappa shape index (κ3) is 9.10. The fraction of sp³-hybridized carbons (Fsp3) is 0.143. The van der Waals surface area contributed by atoms with Crippen molar-refractivity contribution < 1.29 is 19.1 Å². The smallest absolute Gasteiger partial charge is 0.271 e. The van der Waals surface area contributed by atoms with E-state index in [1.165, 1.54) is 17.6 Å². The summed E-state index contributed by atoms with van der Waals surface area (Å²) in [5.74, 6) is -0.140. The minimum atomic E-state index is -0.387. The lowest BCUT2D eigenvalue weighted by molar-refractivity contribution is -0.118. The first-order valence-corrected chi connectivity index (χ1v) is 16.2. The number of nitrogens with zero attached hydrogens (tertiary/aromatic N) is 2. The number of hydrazone groups is 1. The minimum Gasteiger partial charge on any atom is -0.490 e. The summed E-state index contributed by atoms with van der Waals surface area (Å²) in [6.07, 6.45) is 1.45. The fourth-order valence-corrected chi connectivity index (χ4v) is 5.54. The predicted molar refractivity (Wildman–Crippen MR) is 190 cm³/mol. The van der Waals surface area contributed by atoms with Crippen LogP contribution in [-0.2, 0) is 4.79 Å². The molecule has 0 fully saturated rings. The summed E-state index contributed by atoms with van der Waals surface area (Å²) in [7, 11) is 0. The van der Waals surface area contributed by atoms with Crippen LogP contribution < -0.4 is 25.5 Å². The first-order valence-electron chi connectivity index (χ1n) is 14.6. The summed E-state index contributed by atoms with van der Waals surface area (Å²) in [5, 5.41) is 13.8. The topological polar surface area (TPSA) is 114 Å². The van der Waals surface area contributed by atoms with Crippen molar-refractivity contribution >= 4 is 69.1 Å². The molecule has 1 heterocycles. The van der Waals surface area contributed by atoms with E-state index in [0.717, 1.165) is 38.9 Å². The second-order valence-electron chi connectivity index (χ2n) is 10.4. The second kappa shape index (κ2) is 15.6. The summed E-state index contributed by atoms with van der Waals surface area (Å²) in [4.78, 5) is 30.0. The van der Waals surface area contributed by atoms with Crippen molar-refractivity contribution in [3.05, 3.63) is 117 Å². The van der Waals surface area contributed by atoms with Crippen LogP contribution >= 0.6 is 34.5 Å². The van der Waals surface area contributed by atoms with Crippen LogP contribution in [0, 0.1) is 13.8 Å². The van der Waals surface area contributed by atoms with Crippen molar-refractivity contribution in [2.75, 3.05) is 23.8 Å². The molecule has 47 heavy (non-hydrogen) atoms. The summed E-state index contributed by atoms with van der Waals surface area (Å²) in [6.45, 7) is 5.77. The van der Waals surface area contributed by atoms with Gasteiger partial charge >= 0.3 is 0 Å². The first-order chi connectivity index (χ1) is 22.7. The van der Waals surface area contributed by atoms with E-state index < -0.39 is 0 Å². The SMILES string of the molecule is CCOc1cc(/C=N\NC(=O)c2ccc(-c3csc(Nc4ccc(Cl)cc4)n3)cc2)cc(Cl)c1OCC(=O)Nc1cc(C)ccc1C. The van der Waals surface area contributed by atoms with Gasteiger partial charge in [0, 0.05) is 32.9 Å². The predicted octanol–water partition coefficient (Wildman–Crippen LogP) is 8.66. The number of rotatable bonds is 12. The Morgan fingerprint density at radius 3 is 2.47 bits per heavy atom. The number of benzene rings is 4. The van der Waals surface area contributed by atoms with Crippen molar-refractivity contribution in [1.29, 1.82) is 0 Å². The largest absolute Gasteiger partial charge is 0.490 e. The number of hydrogen-bond acceptors (Lipinski definition) is 8. The number of amides is 2. The molecule has 12 heteroatoms. The molecule has 0 bridgehead atoms. The zero-order valence-corrected chi connectivity index (χ0v) is 28.1. The van der Waals surface area contributed by atoms with E-state index in [0.29, 0.717) is 28.5 Å². The number of thiazole rings is 1. The molecule has 0 radical (unpaired) electrons. The van der Waals surface area contributed by atoms with Gasteiger partial charge in [0.15, 0.2) is 23.2 Å². The van der Waals surface area contributed by atoms with Crippen molar-refractivity contribution in [3.63, 3.8) is 0 Å². The monoisotopic (exact) mass is 687 g/mol. The Morgan fingerprint density at radius 1 is 0.957 bits per heavy atom. The van der Waals surface area contributed by atoms with Crippen LogP contribution in [0.3, 0.4) is 0 Å². The third-order valence-corrected chi connectivity index (χ3v) is 8.06. The van der Waals surface area contributed by atoms with Crippen LogP contribution in [0.25, 0.3) is 11.3 Å². The Bertz CT molecular complexity index is 1910. The van der Waals surface area contributed by atoms with Crippen LogP contribution in [0.2, 0.25) is 10.0 Å². The highest BCUT2D eigenvalue weighted by atomic mass is 35.5.